The Balaban J connectivity index is 1.54. The van der Waals surface area contributed by atoms with Crippen LogP contribution < -0.4 is 11.0 Å². The molecule has 1 saturated carbocycles. The molecule has 3 atom stereocenters. The number of amides is 1. The first kappa shape index (κ1) is 19.6. The number of methoxy groups -OCH3 is 1. The Hall–Kier alpha value is -2.67. The van der Waals surface area contributed by atoms with Gasteiger partial charge in [0.25, 0.3) is 0 Å². The monoisotopic (exact) mass is 396 g/mol. The van der Waals surface area contributed by atoms with Gasteiger partial charge < -0.3 is 10.1 Å². The van der Waals surface area contributed by atoms with Gasteiger partial charge in [-0.3, -0.25) is 4.79 Å². The number of pyridine rings is 1. The van der Waals surface area contributed by atoms with Gasteiger partial charge in [-0.2, -0.15) is 0 Å². The smallest absolute Gasteiger partial charge is 0.350 e. The van der Waals surface area contributed by atoms with Gasteiger partial charge in [-0.25, -0.2) is 13.9 Å². The Kier molecular flexibility index (Phi) is 5.41. The summed E-state index contributed by atoms with van der Waals surface area (Å²) in [4.78, 5) is 25.7. The summed E-state index contributed by atoms with van der Waals surface area (Å²) in [7, 11) is 1.70. The second-order valence-electron chi connectivity index (χ2n) is 8.14. The SMILES string of the molecule is CO[C@@H]1CCC[C@@H](C(=O)N[C@H](C)Cn2nc3c(C)cc4ccccc4n3c2=O)C1. The van der Waals surface area contributed by atoms with Crippen molar-refractivity contribution in [3.8, 4) is 0 Å². The zero-order chi connectivity index (χ0) is 20.5. The van der Waals surface area contributed by atoms with Crippen LogP contribution in [0.1, 0.15) is 38.2 Å². The van der Waals surface area contributed by atoms with Crippen LogP contribution in [0.25, 0.3) is 16.6 Å². The first-order valence-corrected chi connectivity index (χ1v) is 10.3. The number of aryl methyl sites for hydroxylation is 1. The van der Waals surface area contributed by atoms with E-state index in [2.05, 4.69) is 10.4 Å². The van der Waals surface area contributed by atoms with E-state index >= 15 is 0 Å². The van der Waals surface area contributed by atoms with Gasteiger partial charge in [0.1, 0.15) is 0 Å². The van der Waals surface area contributed by atoms with Crippen molar-refractivity contribution >= 4 is 22.5 Å². The molecule has 0 saturated heterocycles. The molecule has 0 radical (unpaired) electrons. The van der Waals surface area contributed by atoms with E-state index < -0.39 is 0 Å². The number of nitrogens with zero attached hydrogens (tertiary/aromatic N) is 3. The lowest BCUT2D eigenvalue weighted by molar-refractivity contribution is -0.128. The molecular weight excluding hydrogens is 368 g/mol. The van der Waals surface area contributed by atoms with Crippen molar-refractivity contribution in [2.75, 3.05) is 7.11 Å². The lowest BCUT2D eigenvalue weighted by Crippen LogP contribution is -2.43. The van der Waals surface area contributed by atoms with Gasteiger partial charge in [0.15, 0.2) is 5.65 Å². The zero-order valence-corrected chi connectivity index (χ0v) is 17.2. The van der Waals surface area contributed by atoms with Crippen LogP contribution in [0.4, 0.5) is 0 Å². The van der Waals surface area contributed by atoms with Crippen molar-refractivity contribution in [2.24, 2.45) is 5.92 Å². The molecule has 4 rings (SSSR count). The minimum Gasteiger partial charge on any atom is -0.381 e. The molecule has 7 nitrogen and oxygen atoms in total. The standard InChI is InChI=1S/C22H28N4O3/c1-14-11-16-7-4-5-10-19(16)26-20(14)24-25(22(26)28)13-15(2)23-21(27)17-8-6-9-18(12-17)29-3/h4-5,7,10-11,15,17-18H,6,8-9,12-13H2,1-3H3,(H,23,27)/t15-,17-,18-/m1/s1. The Morgan fingerprint density at radius 2 is 2.14 bits per heavy atom. The first-order chi connectivity index (χ1) is 14.0. The molecule has 0 bridgehead atoms. The van der Waals surface area contributed by atoms with Crippen LogP contribution in [0.2, 0.25) is 0 Å². The summed E-state index contributed by atoms with van der Waals surface area (Å²) >= 11 is 0. The molecule has 29 heavy (non-hydrogen) atoms. The van der Waals surface area contributed by atoms with Crippen molar-refractivity contribution in [2.45, 2.75) is 58.2 Å². The highest BCUT2D eigenvalue weighted by Gasteiger charge is 2.28. The number of nitrogens with one attached hydrogen (secondary N) is 1. The molecule has 3 aromatic rings. The molecule has 0 aliphatic heterocycles. The van der Waals surface area contributed by atoms with E-state index in [1.54, 1.807) is 11.5 Å². The average Bonchev–Trinajstić information content (AvgIpc) is 3.05. The summed E-state index contributed by atoms with van der Waals surface area (Å²) in [5.74, 6) is 0.0119. The number of hydrogen-bond donors (Lipinski definition) is 1. The van der Waals surface area contributed by atoms with Gasteiger partial charge in [0.05, 0.1) is 18.2 Å². The van der Waals surface area contributed by atoms with E-state index in [9.17, 15) is 9.59 Å². The molecule has 1 aliphatic carbocycles. The van der Waals surface area contributed by atoms with Crippen molar-refractivity contribution in [3.63, 3.8) is 0 Å². The predicted molar refractivity (Wildman–Crippen MR) is 112 cm³/mol. The molecule has 7 heteroatoms. The quantitative estimate of drug-likeness (QED) is 0.719. The number of hydrogen-bond acceptors (Lipinski definition) is 4. The number of rotatable bonds is 5. The second kappa shape index (κ2) is 7.99. The van der Waals surface area contributed by atoms with Crippen LogP contribution in [0.5, 0.6) is 0 Å². The van der Waals surface area contributed by atoms with E-state index in [-0.39, 0.29) is 29.7 Å². The van der Waals surface area contributed by atoms with Crippen LogP contribution in [0.3, 0.4) is 0 Å². The fraction of sp³-hybridized carbons (Fsp3) is 0.500. The van der Waals surface area contributed by atoms with Crippen molar-refractivity contribution in [1.82, 2.24) is 19.5 Å². The largest absolute Gasteiger partial charge is 0.381 e. The number of carbonyl (C=O) groups excluding carboxylic acids is 1. The van der Waals surface area contributed by atoms with Crippen LogP contribution in [-0.4, -0.2) is 39.3 Å². The minimum atomic E-state index is -0.195. The topological polar surface area (TPSA) is 77.6 Å². The molecule has 1 aliphatic rings. The third kappa shape index (κ3) is 3.79. The lowest BCUT2D eigenvalue weighted by Gasteiger charge is -2.28. The summed E-state index contributed by atoms with van der Waals surface area (Å²) in [6.45, 7) is 4.20. The molecule has 1 N–H and O–H groups in total. The molecule has 0 spiro atoms. The third-order valence-corrected chi connectivity index (χ3v) is 5.91. The van der Waals surface area contributed by atoms with Crippen LogP contribution >= 0.6 is 0 Å². The maximum Gasteiger partial charge on any atom is 0.350 e. The molecule has 1 aromatic carbocycles. The highest BCUT2D eigenvalue weighted by molar-refractivity contribution is 5.83. The van der Waals surface area contributed by atoms with Gasteiger partial charge in [0, 0.05) is 19.1 Å². The first-order valence-electron chi connectivity index (χ1n) is 10.3. The predicted octanol–water partition coefficient (Wildman–Crippen LogP) is 2.67. The normalized spacial score (nSPS) is 20.8. The molecular formula is C22H28N4O3. The molecule has 2 heterocycles. The lowest BCUT2D eigenvalue weighted by atomic mass is 9.86. The van der Waals surface area contributed by atoms with Gasteiger partial charge in [-0.1, -0.05) is 24.6 Å². The highest BCUT2D eigenvalue weighted by atomic mass is 16.5. The van der Waals surface area contributed by atoms with E-state index in [0.29, 0.717) is 12.2 Å². The van der Waals surface area contributed by atoms with Gasteiger partial charge in [-0.15, -0.1) is 5.10 Å². The van der Waals surface area contributed by atoms with Crippen molar-refractivity contribution < 1.29 is 9.53 Å². The second-order valence-corrected chi connectivity index (χ2v) is 8.14. The Bertz CT molecular complexity index is 1100. The number of fused-ring (bicyclic) bond motifs is 3. The molecule has 154 valence electrons. The van der Waals surface area contributed by atoms with E-state index in [4.69, 9.17) is 4.74 Å². The highest BCUT2D eigenvalue weighted by Crippen LogP contribution is 2.26. The summed E-state index contributed by atoms with van der Waals surface area (Å²) in [6, 6.07) is 9.64. The van der Waals surface area contributed by atoms with E-state index in [1.165, 1.54) is 4.68 Å². The molecule has 0 unspecified atom stereocenters. The van der Waals surface area contributed by atoms with Crippen molar-refractivity contribution in [3.05, 3.63) is 46.4 Å². The number of benzene rings is 1. The van der Waals surface area contributed by atoms with E-state index in [1.807, 2.05) is 44.2 Å². The number of para-hydroxylation sites is 1. The average molecular weight is 396 g/mol. The summed E-state index contributed by atoms with van der Waals surface area (Å²) < 4.78 is 8.54. The Morgan fingerprint density at radius 1 is 1.34 bits per heavy atom. The van der Waals surface area contributed by atoms with Crippen LogP contribution in [0.15, 0.2) is 35.1 Å². The Labute approximate surface area is 169 Å². The minimum absolute atomic E-state index is 0.0277. The van der Waals surface area contributed by atoms with Crippen molar-refractivity contribution in [1.29, 1.82) is 0 Å². The molecule has 1 fully saturated rings. The summed E-state index contributed by atoms with van der Waals surface area (Å²) in [5, 5.41) is 8.61. The summed E-state index contributed by atoms with van der Waals surface area (Å²) in [5.41, 5.74) is 2.26. The maximum absolute atomic E-state index is 13.0. The van der Waals surface area contributed by atoms with Crippen LogP contribution in [0, 0.1) is 12.8 Å². The van der Waals surface area contributed by atoms with Gasteiger partial charge >= 0.3 is 5.69 Å². The fourth-order valence-corrected chi connectivity index (χ4v) is 4.37. The van der Waals surface area contributed by atoms with Gasteiger partial charge in [-0.05, 0) is 56.2 Å². The fourth-order valence-electron chi connectivity index (χ4n) is 4.37. The van der Waals surface area contributed by atoms with E-state index in [0.717, 1.165) is 42.1 Å². The van der Waals surface area contributed by atoms with Gasteiger partial charge in [0.2, 0.25) is 5.91 Å². The zero-order valence-electron chi connectivity index (χ0n) is 17.2. The molecule has 1 amide bonds. The van der Waals surface area contributed by atoms with Crippen LogP contribution in [-0.2, 0) is 16.1 Å². The maximum atomic E-state index is 13.0. The number of ether oxygens (including phenoxy) is 1. The number of carbonyl (C=O) groups is 1. The third-order valence-electron chi connectivity index (χ3n) is 5.91. The summed E-state index contributed by atoms with van der Waals surface area (Å²) in [6.07, 6.45) is 3.82. The number of aromatic nitrogens is 3. The molecule has 2 aromatic heterocycles. The Morgan fingerprint density at radius 3 is 2.93 bits per heavy atom.